The van der Waals surface area contributed by atoms with Crippen molar-refractivity contribution < 1.29 is 9.13 Å². The molecule has 23 heavy (non-hydrogen) atoms. The van der Waals surface area contributed by atoms with Gasteiger partial charge in [-0.2, -0.15) is 0 Å². The van der Waals surface area contributed by atoms with Crippen molar-refractivity contribution in [3.63, 3.8) is 0 Å². The number of unbranched alkanes of at least 4 members (excludes halogenated alkanes) is 5. The van der Waals surface area contributed by atoms with Crippen LogP contribution in [0, 0.1) is 5.82 Å². The van der Waals surface area contributed by atoms with Crippen molar-refractivity contribution >= 4 is 15.9 Å². The second-order valence-electron chi connectivity index (χ2n) is 5.76. The molecule has 0 aliphatic carbocycles. The van der Waals surface area contributed by atoms with Crippen LogP contribution in [0.25, 0.3) is 11.1 Å². The van der Waals surface area contributed by atoms with Gasteiger partial charge in [0.05, 0.1) is 6.61 Å². The fourth-order valence-electron chi connectivity index (χ4n) is 2.52. The molecule has 0 unspecified atom stereocenters. The normalized spacial score (nSPS) is 10.7. The van der Waals surface area contributed by atoms with E-state index in [4.69, 9.17) is 4.74 Å². The van der Waals surface area contributed by atoms with E-state index in [0.29, 0.717) is 17.9 Å². The van der Waals surface area contributed by atoms with Gasteiger partial charge in [0.15, 0.2) is 0 Å². The number of halogens is 2. The topological polar surface area (TPSA) is 9.23 Å². The molecule has 0 saturated heterocycles. The Kier molecular flexibility index (Phi) is 7.60. The van der Waals surface area contributed by atoms with E-state index in [0.717, 1.165) is 16.5 Å². The molecule has 1 nitrogen and oxygen atoms in total. The zero-order chi connectivity index (χ0) is 16.5. The molecule has 0 saturated carbocycles. The monoisotopic (exact) mass is 378 g/mol. The van der Waals surface area contributed by atoms with Crippen LogP contribution in [0.5, 0.6) is 5.75 Å². The molecule has 0 atom stereocenters. The van der Waals surface area contributed by atoms with Crippen molar-refractivity contribution in [1.29, 1.82) is 0 Å². The maximum atomic E-state index is 14.3. The van der Waals surface area contributed by atoms with Gasteiger partial charge in [-0.15, -0.1) is 0 Å². The van der Waals surface area contributed by atoms with Crippen molar-refractivity contribution in [2.75, 3.05) is 6.61 Å². The second-order valence-corrected chi connectivity index (χ2v) is 6.68. The smallest absolute Gasteiger partial charge is 0.134 e. The van der Waals surface area contributed by atoms with Crippen LogP contribution in [0.15, 0.2) is 46.9 Å². The van der Waals surface area contributed by atoms with E-state index >= 15 is 0 Å². The second kappa shape index (κ2) is 9.71. The summed E-state index contributed by atoms with van der Waals surface area (Å²) in [5.41, 5.74) is 1.47. The van der Waals surface area contributed by atoms with Crippen LogP contribution in [0.2, 0.25) is 0 Å². The van der Waals surface area contributed by atoms with Crippen LogP contribution in [-0.4, -0.2) is 6.61 Å². The first-order valence-electron chi connectivity index (χ1n) is 8.39. The number of rotatable bonds is 9. The third-order valence-electron chi connectivity index (χ3n) is 3.86. The SMILES string of the molecule is CCCCCCCCOc1ccc(-c2ccc(Br)cc2)c(F)c1. The average Bonchev–Trinajstić information content (AvgIpc) is 2.55. The van der Waals surface area contributed by atoms with Crippen LogP contribution >= 0.6 is 15.9 Å². The number of hydrogen-bond acceptors (Lipinski definition) is 1. The molecule has 124 valence electrons. The molecule has 2 rings (SSSR count). The van der Waals surface area contributed by atoms with Gasteiger partial charge in [-0.05, 0) is 36.2 Å². The summed E-state index contributed by atoms with van der Waals surface area (Å²) in [6.45, 7) is 2.87. The van der Waals surface area contributed by atoms with Crippen LogP contribution in [0.3, 0.4) is 0 Å². The minimum Gasteiger partial charge on any atom is -0.493 e. The molecule has 0 N–H and O–H groups in total. The van der Waals surface area contributed by atoms with E-state index in [1.807, 2.05) is 30.3 Å². The molecule has 2 aromatic rings. The average molecular weight is 379 g/mol. The highest BCUT2D eigenvalue weighted by Crippen LogP contribution is 2.27. The first kappa shape index (κ1) is 18.0. The summed E-state index contributed by atoms with van der Waals surface area (Å²) in [6.07, 6.45) is 7.34. The molecule has 0 bridgehead atoms. The van der Waals surface area contributed by atoms with Crippen LogP contribution in [-0.2, 0) is 0 Å². The lowest BCUT2D eigenvalue weighted by Crippen LogP contribution is -1.98. The van der Waals surface area contributed by atoms with Crippen molar-refractivity contribution in [2.45, 2.75) is 45.4 Å². The van der Waals surface area contributed by atoms with Gasteiger partial charge in [-0.25, -0.2) is 4.39 Å². The Hall–Kier alpha value is -1.35. The molecule has 0 aliphatic heterocycles. The van der Waals surface area contributed by atoms with Gasteiger partial charge >= 0.3 is 0 Å². The Balaban J connectivity index is 1.83. The predicted octanol–water partition coefficient (Wildman–Crippen LogP) is 6.99. The summed E-state index contributed by atoms with van der Waals surface area (Å²) in [5.74, 6) is 0.365. The van der Waals surface area contributed by atoms with Crippen molar-refractivity contribution in [3.05, 3.63) is 52.8 Å². The van der Waals surface area contributed by atoms with E-state index in [1.165, 1.54) is 38.2 Å². The van der Waals surface area contributed by atoms with Gasteiger partial charge < -0.3 is 4.74 Å². The van der Waals surface area contributed by atoms with Gasteiger partial charge in [-0.3, -0.25) is 0 Å². The molecule has 0 fully saturated rings. The zero-order valence-corrected chi connectivity index (χ0v) is 15.2. The Labute approximate surface area is 147 Å². The minimum absolute atomic E-state index is 0.243. The molecule has 0 heterocycles. The lowest BCUT2D eigenvalue weighted by Gasteiger charge is -2.09. The Bertz CT molecular complexity index is 595. The standard InChI is InChI=1S/C20H24BrFO/c1-2-3-4-5-6-7-14-23-18-12-13-19(20(22)15-18)16-8-10-17(21)11-9-16/h8-13,15H,2-7,14H2,1H3. The van der Waals surface area contributed by atoms with Crippen LogP contribution in [0.4, 0.5) is 4.39 Å². The van der Waals surface area contributed by atoms with E-state index in [9.17, 15) is 4.39 Å². The van der Waals surface area contributed by atoms with Crippen LogP contribution in [0.1, 0.15) is 45.4 Å². The molecule has 0 radical (unpaired) electrons. The minimum atomic E-state index is -0.243. The number of hydrogen-bond donors (Lipinski definition) is 0. The largest absolute Gasteiger partial charge is 0.493 e. The maximum Gasteiger partial charge on any atom is 0.134 e. The summed E-state index contributed by atoms with van der Waals surface area (Å²) < 4.78 is 20.9. The molecule has 0 amide bonds. The molecule has 0 aromatic heterocycles. The van der Waals surface area contributed by atoms with E-state index < -0.39 is 0 Å². The van der Waals surface area contributed by atoms with Crippen LogP contribution < -0.4 is 4.74 Å². The van der Waals surface area contributed by atoms with Crippen molar-refractivity contribution in [1.82, 2.24) is 0 Å². The lowest BCUT2D eigenvalue weighted by atomic mass is 10.1. The third kappa shape index (κ3) is 5.98. The Morgan fingerprint density at radius 1 is 0.913 bits per heavy atom. The highest BCUT2D eigenvalue weighted by atomic mass is 79.9. The molecule has 0 aliphatic rings. The lowest BCUT2D eigenvalue weighted by molar-refractivity contribution is 0.303. The van der Waals surface area contributed by atoms with Gasteiger partial charge in [0.1, 0.15) is 11.6 Å². The molecule has 3 heteroatoms. The quantitative estimate of drug-likeness (QED) is 0.427. The van der Waals surface area contributed by atoms with Gasteiger partial charge in [0, 0.05) is 16.1 Å². The molecule has 2 aromatic carbocycles. The van der Waals surface area contributed by atoms with Gasteiger partial charge in [0.25, 0.3) is 0 Å². The summed E-state index contributed by atoms with van der Waals surface area (Å²) in [6, 6.07) is 12.7. The fourth-order valence-corrected chi connectivity index (χ4v) is 2.79. The molecular formula is C20H24BrFO. The summed E-state index contributed by atoms with van der Waals surface area (Å²) in [7, 11) is 0. The van der Waals surface area contributed by atoms with Crippen molar-refractivity contribution in [3.8, 4) is 16.9 Å². The highest BCUT2D eigenvalue weighted by Gasteiger charge is 2.07. The Morgan fingerprint density at radius 3 is 2.30 bits per heavy atom. The first-order chi connectivity index (χ1) is 11.2. The Morgan fingerprint density at radius 2 is 1.61 bits per heavy atom. The summed E-state index contributed by atoms with van der Waals surface area (Å²) >= 11 is 3.39. The molecular weight excluding hydrogens is 355 g/mol. The van der Waals surface area contributed by atoms with E-state index in [-0.39, 0.29) is 5.82 Å². The van der Waals surface area contributed by atoms with E-state index in [1.54, 1.807) is 6.07 Å². The summed E-state index contributed by atoms with van der Waals surface area (Å²) in [5, 5.41) is 0. The van der Waals surface area contributed by atoms with E-state index in [2.05, 4.69) is 22.9 Å². The van der Waals surface area contributed by atoms with Gasteiger partial charge in [0.2, 0.25) is 0 Å². The summed E-state index contributed by atoms with van der Waals surface area (Å²) in [4.78, 5) is 0. The number of ether oxygens (including phenoxy) is 1. The third-order valence-corrected chi connectivity index (χ3v) is 4.39. The van der Waals surface area contributed by atoms with Gasteiger partial charge in [-0.1, -0.05) is 67.1 Å². The van der Waals surface area contributed by atoms with Crippen molar-refractivity contribution in [2.24, 2.45) is 0 Å². The number of benzene rings is 2. The highest BCUT2D eigenvalue weighted by molar-refractivity contribution is 9.10. The first-order valence-corrected chi connectivity index (χ1v) is 9.18. The molecule has 0 spiro atoms. The maximum absolute atomic E-state index is 14.3. The zero-order valence-electron chi connectivity index (χ0n) is 13.7. The predicted molar refractivity (Wildman–Crippen MR) is 98.4 cm³/mol. The fraction of sp³-hybridized carbons (Fsp3) is 0.400.